The highest BCUT2D eigenvalue weighted by molar-refractivity contribution is 7.18. The van der Waals surface area contributed by atoms with Crippen molar-refractivity contribution < 1.29 is 0 Å². The standard InChI is InChI=1S/C54H50N6S/c1-53(2,3)59-47(39-15-9-7-10-16-39)29-33-51(59)57(45-19-13-35-55-37-45)43-25-21-41(22-26-43)49-31-32-50(61-49)42-23-27-44(28-24-42)58(46-20-14-36-56-38-46)52-34-30-48(60(52)54(4,5)6)40-17-11-8-12-18-40/h7-38H,1-6H3. The van der Waals surface area contributed by atoms with E-state index < -0.39 is 0 Å². The Morgan fingerprint density at radius 2 is 0.770 bits per heavy atom. The van der Waals surface area contributed by atoms with Crippen LogP contribution in [0.3, 0.4) is 0 Å². The molecule has 0 fully saturated rings. The minimum atomic E-state index is -0.184. The van der Waals surface area contributed by atoms with E-state index in [0.29, 0.717) is 0 Å². The van der Waals surface area contributed by atoms with E-state index in [1.165, 1.54) is 43.4 Å². The van der Waals surface area contributed by atoms with Gasteiger partial charge in [-0.25, -0.2) is 0 Å². The second kappa shape index (κ2) is 16.2. The average Bonchev–Trinajstić information content (AvgIpc) is 4.06. The Morgan fingerprint density at radius 1 is 0.377 bits per heavy atom. The summed E-state index contributed by atoms with van der Waals surface area (Å²) in [5.74, 6) is 2.17. The highest BCUT2D eigenvalue weighted by Gasteiger charge is 2.28. The molecule has 0 aliphatic carbocycles. The lowest BCUT2D eigenvalue weighted by molar-refractivity contribution is 0.405. The molecule has 302 valence electrons. The SMILES string of the molecule is CC(C)(C)n1c(-c2ccccc2)ccc1N(c1ccc(-c2ccc(-c3ccc(N(c4cccnc4)c4ccc(-c5ccccc5)n4C(C)(C)C)cc3)s2)cc1)c1cccnc1. The fourth-order valence-corrected chi connectivity index (χ4v) is 9.29. The second-order valence-corrected chi connectivity index (χ2v) is 18.3. The molecule has 0 N–H and O–H groups in total. The van der Waals surface area contributed by atoms with Gasteiger partial charge >= 0.3 is 0 Å². The van der Waals surface area contributed by atoms with Crippen LogP contribution in [0.2, 0.25) is 0 Å². The molecule has 0 saturated carbocycles. The van der Waals surface area contributed by atoms with Crippen LogP contribution in [-0.4, -0.2) is 19.1 Å². The quantitative estimate of drug-likeness (QED) is 0.138. The molecule has 0 aliphatic heterocycles. The number of nitrogens with zero attached hydrogens (tertiary/aromatic N) is 6. The third kappa shape index (κ3) is 7.93. The van der Waals surface area contributed by atoms with Crippen molar-refractivity contribution in [1.82, 2.24) is 19.1 Å². The van der Waals surface area contributed by atoms with Gasteiger partial charge in [-0.05, 0) is 149 Å². The zero-order valence-corrected chi connectivity index (χ0v) is 36.4. The van der Waals surface area contributed by atoms with Gasteiger partial charge in [0.15, 0.2) is 0 Å². The van der Waals surface area contributed by atoms with Gasteiger partial charge in [0.1, 0.15) is 11.6 Å². The molecular formula is C54H50N6S. The number of thiophene rings is 1. The summed E-state index contributed by atoms with van der Waals surface area (Å²) >= 11 is 1.81. The molecule has 0 saturated heterocycles. The van der Waals surface area contributed by atoms with Crippen LogP contribution in [0.1, 0.15) is 41.5 Å². The lowest BCUT2D eigenvalue weighted by Crippen LogP contribution is -2.27. The van der Waals surface area contributed by atoms with Crippen molar-refractivity contribution in [3.63, 3.8) is 0 Å². The summed E-state index contributed by atoms with van der Waals surface area (Å²) in [7, 11) is 0. The summed E-state index contributed by atoms with van der Waals surface area (Å²) in [4.78, 5) is 16.1. The molecule has 0 spiro atoms. The number of hydrogen-bond donors (Lipinski definition) is 0. The lowest BCUT2D eigenvalue weighted by Gasteiger charge is -2.33. The highest BCUT2D eigenvalue weighted by atomic mass is 32.1. The van der Waals surface area contributed by atoms with Crippen LogP contribution < -0.4 is 9.80 Å². The zero-order chi connectivity index (χ0) is 42.1. The molecule has 61 heavy (non-hydrogen) atoms. The first-order valence-electron chi connectivity index (χ1n) is 20.8. The van der Waals surface area contributed by atoms with Crippen molar-refractivity contribution in [1.29, 1.82) is 0 Å². The van der Waals surface area contributed by atoms with Crippen LogP contribution in [0.5, 0.6) is 0 Å². The normalized spacial score (nSPS) is 11.8. The summed E-state index contributed by atoms with van der Waals surface area (Å²) in [5, 5.41) is 0. The van der Waals surface area contributed by atoms with Gasteiger partial charge < -0.3 is 9.13 Å². The number of benzene rings is 4. The Hall–Kier alpha value is -6.96. The van der Waals surface area contributed by atoms with E-state index in [9.17, 15) is 0 Å². The molecule has 4 aromatic carbocycles. The molecular weight excluding hydrogens is 765 g/mol. The topological polar surface area (TPSA) is 42.1 Å². The first-order chi connectivity index (χ1) is 29.5. The minimum Gasteiger partial charge on any atom is -0.322 e. The first-order valence-corrected chi connectivity index (χ1v) is 21.6. The third-order valence-corrected chi connectivity index (χ3v) is 12.1. The Morgan fingerprint density at radius 3 is 1.11 bits per heavy atom. The molecule has 7 heteroatoms. The third-order valence-electron chi connectivity index (χ3n) is 10.9. The lowest BCUT2D eigenvalue weighted by atomic mass is 10.1. The van der Waals surface area contributed by atoms with Crippen LogP contribution in [0, 0.1) is 0 Å². The largest absolute Gasteiger partial charge is 0.322 e. The number of pyridine rings is 2. The van der Waals surface area contributed by atoms with Gasteiger partial charge in [0.2, 0.25) is 0 Å². The molecule has 0 aliphatic rings. The predicted molar refractivity (Wildman–Crippen MR) is 257 cm³/mol. The Kier molecular flexibility index (Phi) is 10.5. The average molecular weight is 815 g/mol. The van der Waals surface area contributed by atoms with Crippen molar-refractivity contribution in [2.75, 3.05) is 9.80 Å². The molecule has 0 bridgehead atoms. The molecule has 9 aromatic rings. The van der Waals surface area contributed by atoms with Gasteiger partial charge in [0.25, 0.3) is 0 Å². The van der Waals surface area contributed by atoms with E-state index in [1.807, 2.05) is 48.3 Å². The molecule has 6 nitrogen and oxygen atoms in total. The Bertz CT molecular complexity index is 2650. The van der Waals surface area contributed by atoms with E-state index in [4.69, 9.17) is 0 Å². The van der Waals surface area contributed by atoms with Gasteiger partial charge in [-0.3, -0.25) is 19.8 Å². The number of rotatable bonds is 10. The monoisotopic (exact) mass is 814 g/mol. The van der Waals surface area contributed by atoms with Gasteiger partial charge in [-0.2, -0.15) is 0 Å². The predicted octanol–water partition coefficient (Wildman–Crippen LogP) is 15.3. The van der Waals surface area contributed by atoms with Crippen LogP contribution in [0.4, 0.5) is 34.4 Å². The van der Waals surface area contributed by atoms with Gasteiger partial charge in [-0.15, -0.1) is 11.3 Å². The smallest absolute Gasteiger partial charge is 0.118 e. The van der Waals surface area contributed by atoms with Crippen molar-refractivity contribution >= 4 is 45.7 Å². The van der Waals surface area contributed by atoms with Gasteiger partial charge in [0, 0.05) is 44.6 Å². The fraction of sp³-hybridized carbons (Fsp3) is 0.148. The molecule has 0 unspecified atom stereocenters. The van der Waals surface area contributed by atoms with Crippen molar-refractivity contribution in [3.05, 3.63) is 195 Å². The van der Waals surface area contributed by atoms with Gasteiger partial charge in [-0.1, -0.05) is 84.9 Å². The van der Waals surface area contributed by atoms with Gasteiger partial charge in [0.05, 0.1) is 35.2 Å². The van der Waals surface area contributed by atoms with E-state index in [0.717, 1.165) is 34.4 Å². The highest BCUT2D eigenvalue weighted by Crippen LogP contribution is 2.44. The summed E-state index contributed by atoms with van der Waals surface area (Å²) in [6.45, 7) is 13.6. The Labute approximate surface area is 363 Å². The van der Waals surface area contributed by atoms with E-state index in [2.05, 4.69) is 228 Å². The van der Waals surface area contributed by atoms with E-state index in [1.54, 1.807) is 0 Å². The van der Waals surface area contributed by atoms with Crippen LogP contribution in [0.15, 0.2) is 195 Å². The minimum absolute atomic E-state index is 0.184. The fourth-order valence-electron chi connectivity index (χ4n) is 8.28. The maximum absolute atomic E-state index is 4.53. The van der Waals surface area contributed by atoms with Crippen molar-refractivity contribution in [2.24, 2.45) is 0 Å². The van der Waals surface area contributed by atoms with Crippen LogP contribution in [0.25, 0.3) is 43.4 Å². The van der Waals surface area contributed by atoms with E-state index >= 15 is 0 Å². The summed E-state index contributed by atoms with van der Waals surface area (Å²) in [5.41, 5.74) is 10.9. The van der Waals surface area contributed by atoms with E-state index in [-0.39, 0.29) is 11.1 Å². The zero-order valence-electron chi connectivity index (χ0n) is 35.6. The van der Waals surface area contributed by atoms with Crippen LogP contribution >= 0.6 is 11.3 Å². The van der Waals surface area contributed by atoms with Crippen LogP contribution in [-0.2, 0) is 11.1 Å². The molecule has 5 heterocycles. The molecule has 9 rings (SSSR count). The molecule has 5 aromatic heterocycles. The maximum atomic E-state index is 4.53. The maximum Gasteiger partial charge on any atom is 0.118 e. The summed E-state index contributed by atoms with van der Waals surface area (Å²) in [6, 6.07) is 60.7. The molecule has 0 amide bonds. The summed E-state index contributed by atoms with van der Waals surface area (Å²) in [6.07, 6.45) is 7.53. The molecule has 0 atom stereocenters. The van der Waals surface area contributed by atoms with Crippen molar-refractivity contribution in [3.8, 4) is 43.4 Å². The Balaban J connectivity index is 1.03. The number of aromatic nitrogens is 4. The summed E-state index contributed by atoms with van der Waals surface area (Å²) < 4.78 is 4.86. The first kappa shape index (κ1) is 39.5. The number of anilines is 6. The van der Waals surface area contributed by atoms with Crippen molar-refractivity contribution in [2.45, 2.75) is 52.6 Å². The molecule has 0 radical (unpaired) electrons. The number of hydrogen-bond acceptors (Lipinski definition) is 5. The second-order valence-electron chi connectivity index (χ2n) is 17.2.